The zero-order valence-electron chi connectivity index (χ0n) is 9.53. The van der Waals surface area contributed by atoms with Gasteiger partial charge in [0.25, 0.3) is 0 Å². The second-order valence-corrected chi connectivity index (χ2v) is 4.23. The van der Waals surface area contributed by atoms with Gasteiger partial charge in [-0.2, -0.15) is 5.10 Å². The van der Waals surface area contributed by atoms with Crippen molar-refractivity contribution >= 4 is 17.4 Å². The Labute approximate surface area is 105 Å². The van der Waals surface area contributed by atoms with Gasteiger partial charge in [-0.25, -0.2) is 0 Å². The number of aromatic amines is 1. The number of anilines is 1. The van der Waals surface area contributed by atoms with Crippen LogP contribution in [0.25, 0.3) is 0 Å². The van der Waals surface area contributed by atoms with Crippen LogP contribution in [0.4, 0.5) is 5.82 Å². The van der Waals surface area contributed by atoms with E-state index in [2.05, 4.69) is 10.2 Å². The van der Waals surface area contributed by atoms with E-state index in [1.54, 1.807) is 6.07 Å². The number of nitrogens with one attached hydrogen (secondary N) is 1. The second-order valence-electron chi connectivity index (χ2n) is 3.83. The Bertz CT molecular complexity index is 510. The van der Waals surface area contributed by atoms with E-state index < -0.39 is 0 Å². The molecule has 0 radical (unpaired) electrons. The van der Waals surface area contributed by atoms with Crippen molar-refractivity contribution in [2.45, 2.75) is 13.3 Å². The van der Waals surface area contributed by atoms with Crippen LogP contribution in [-0.2, 0) is 6.42 Å². The van der Waals surface area contributed by atoms with Crippen molar-refractivity contribution in [3.05, 3.63) is 40.5 Å². The van der Waals surface area contributed by atoms with Crippen molar-refractivity contribution in [3.63, 3.8) is 0 Å². The zero-order chi connectivity index (χ0) is 12.3. The lowest BCUT2D eigenvalue weighted by Gasteiger charge is -2.06. The molecule has 0 fully saturated rings. The topological polar surface area (TPSA) is 63.9 Å². The lowest BCUT2D eigenvalue weighted by molar-refractivity contribution is 0.320. The minimum atomic E-state index is 0.502. The molecular formula is C12H14ClN3O. The van der Waals surface area contributed by atoms with Crippen LogP contribution in [0.15, 0.2) is 24.3 Å². The van der Waals surface area contributed by atoms with Gasteiger partial charge in [-0.05, 0) is 30.7 Å². The maximum Gasteiger partial charge on any atom is 0.145 e. The summed E-state index contributed by atoms with van der Waals surface area (Å²) in [6.45, 7) is 2.52. The van der Waals surface area contributed by atoms with Gasteiger partial charge in [0.1, 0.15) is 11.6 Å². The van der Waals surface area contributed by atoms with E-state index in [4.69, 9.17) is 22.1 Å². The van der Waals surface area contributed by atoms with Crippen molar-refractivity contribution in [1.29, 1.82) is 0 Å². The molecule has 5 heteroatoms. The van der Waals surface area contributed by atoms with Crippen molar-refractivity contribution in [1.82, 2.24) is 10.2 Å². The molecule has 0 unspecified atom stereocenters. The summed E-state index contributed by atoms with van der Waals surface area (Å²) in [5.41, 5.74) is 7.48. The van der Waals surface area contributed by atoms with Gasteiger partial charge < -0.3 is 10.5 Å². The van der Waals surface area contributed by atoms with E-state index in [1.165, 1.54) is 0 Å². The standard InChI is InChI=1S/C12H14ClN3O/c1-8-6-10(2-3-11(8)13)17-5-4-9-7-12(14)16-15-9/h2-3,6-7H,4-5H2,1H3,(H3,14,15,16). The third kappa shape index (κ3) is 3.14. The molecule has 0 saturated heterocycles. The maximum absolute atomic E-state index is 5.93. The van der Waals surface area contributed by atoms with E-state index in [9.17, 15) is 0 Å². The number of aromatic nitrogens is 2. The lowest BCUT2D eigenvalue weighted by atomic mass is 10.2. The number of benzene rings is 1. The van der Waals surface area contributed by atoms with Gasteiger partial charge in [0.15, 0.2) is 0 Å². The molecular weight excluding hydrogens is 238 g/mol. The molecule has 2 rings (SSSR count). The number of nitrogens with zero attached hydrogens (tertiary/aromatic N) is 1. The van der Waals surface area contributed by atoms with Gasteiger partial charge in [0.2, 0.25) is 0 Å². The number of halogens is 1. The summed E-state index contributed by atoms with van der Waals surface area (Å²) in [6.07, 6.45) is 0.742. The van der Waals surface area contributed by atoms with Crippen molar-refractivity contribution in [2.24, 2.45) is 0 Å². The predicted octanol–water partition coefficient (Wildman–Crippen LogP) is 2.58. The molecule has 1 heterocycles. The molecule has 0 bridgehead atoms. The molecule has 0 aliphatic rings. The summed E-state index contributed by atoms with van der Waals surface area (Å²) < 4.78 is 5.61. The third-order valence-corrected chi connectivity index (χ3v) is 2.84. The third-order valence-electron chi connectivity index (χ3n) is 2.42. The number of H-pyrrole nitrogens is 1. The largest absolute Gasteiger partial charge is 0.493 e. The highest BCUT2D eigenvalue weighted by molar-refractivity contribution is 6.31. The molecule has 0 amide bonds. The van der Waals surface area contributed by atoms with Crippen LogP contribution in [0.3, 0.4) is 0 Å². The molecule has 2 aromatic rings. The van der Waals surface area contributed by atoms with Crippen LogP contribution in [0.2, 0.25) is 5.02 Å². The monoisotopic (exact) mass is 251 g/mol. The summed E-state index contributed by atoms with van der Waals surface area (Å²) in [7, 11) is 0. The fourth-order valence-corrected chi connectivity index (χ4v) is 1.61. The van der Waals surface area contributed by atoms with E-state index in [0.717, 1.165) is 28.5 Å². The van der Waals surface area contributed by atoms with Gasteiger partial charge in [-0.3, -0.25) is 5.10 Å². The molecule has 3 N–H and O–H groups in total. The molecule has 0 aliphatic heterocycles. The van der Waals surface area contributed by atoms with Gasteiger partial charge in [0.05, 0.1) is 6.61 Å². The molecule has 1 aromatic heterocycles. The first-order valence-electron chi connectivity index (χ1n) is 5.34. The molecule has 17 heavy (non-hydrogen) atoms. The van der Waals surface area contributed by atoms with Crippen LogP contribution in [0.1, 0.15) is 11.3 Å². The summed E-state index contributed by atoms with van der Waals surface area (Å²) in [5.74, 6) is 1.32. The Morgan fingerprint density at radius 3 is 2.88 bits per heavy atom. The first-order chi connectivity index (χ1) is 8.15. The van der Waals surface area contributed by atoms with Crippen molar-refractivity contribution < 1.29 is 4.74 Å². The number of hydrogen-bond donors (Lipinski definition) is 2. The molecule has 0 aliphatic carbocycles. The number of nitrogens with two attached hydrogens (primary N) is 1. The highest BCUT2D eigenvalue weighted by Crippen LogP contribution is 2.21. The van der Waals surface area contributed by atoms with Gasteiger partial charge in [-0.1, -0.05) is 11.6 Å². The fraction of sp³-hybridized carbons (Fsp3) is 0.250. The van der Waals surface area contributed by atoms with E-state index in [1.807, 2.05) is 25.1 Å². The number of nitrogen functional groups attached to an aromatic ring is 1. The van der Waals surface area contributed by atoms with Crippen LogP contribution in [0.5, 0.6) is 5.75 Å². The molecule has 0 saturated carbocycles. The molecule has 0 atom stereocenters. The molecule has 0 spiro atoms. The van der Waals surface area contributed by atoms with Gasteiger partial charge >= 0.3 is 0 Å². The number of aryl methyl sites for hydroxylation is 1. The Hall–Kier alpha value is -1.68. The quantitative estimate of drug-likeness (QED) is 0.878. The lowest BCUT2D eigenvalue weighted by Crippen LogP contribution is -2.01. The number of rotatable bonds is 4. The average molecular weight is 252 g/mol. The van der Waals surface area contributed by atoms with Gasteiger partial charge in [0, 0.05) is 23.2 Å². The average Bonchev–Trinajstić information content (AvgIpc) is 2.70. The highest BCUT2D eigenvalue weighted by atomic mass is 35.5. The minimum Gasteiger partial charge on any atom is -0.493 e. The van der Waals surface area contributed by atoms with Crippen LogP contribution in [-0.4, -0.2) is 16.8 Å². The normalized spacial score (nSPS) is 10.5. The zero-order valence-corrected chi connectivity index (χ0v) is 10.3. The Morgan fingerprint density at radius 1 is 1.41 bits per heavy atom. The Balaban J connectivity index is 1.87. The van der Waals surface area contributed by atoms with E-state index in [0.29, 0.717) is 12.4 Å². The fourth-order valence-electron chi connectivity index (χ4n) is 1.49. The summed E-state index contributed by atoms with van der Waals surface area (Å²) >= 11 is 5.93. The Kier molecular flexibility index (Phi) is 3.54. The predicted molar refractivity (Wildman–Crippen MR) is 68.4 cm³/mol. The second kappa shape index (κ2) is 5.10. The van der Waals surface area contributed by atoms with Gasteiger partial charge in [-0.15, -0.1) is 0 Å². The molecule has 1 aromatic carbocycles. The van der Waals surface area contributed by atoms with Crippen molar-refractivity contribution in [3.8, 4) is 5.75 Å². The summed E-state index contributed by atoms with van der Waals surface area (Å²) in [4.78, 5) is 0. The van der Waals surface area contributed by atoms with E-state index >= 15 is 0 Å². The highest BCUT2D eigenvalue weighted by Gasteiger charge is 2.00. The number of ether oxygens (including phenoxy) is 1. The van der Waals surface area contributed by atoms with Crippen molar-refractivity contribution in [2.75, 3.05) is 12.3 Å². The SMILES string of the molecule is Cc1cc(OCCc2cc(N)n[nH]2)ccc1Cl. The maximum atomic E-state index is 5.93. The number of hydrogen-bond acceptors (Lipinski definition) is 3. The minimum absolute atomic E-state index is 0.502. The molecule has 90 valence electrons. The van der Waals surface area contributed by atoms with Crippen LogP contribution < -0.4 is 10.5 Å². The Morgan fingerprint density at radius 2 is 2.24 bits per heavy atom. The molecule has 4 nitrogen and oxygen atoms in total. The van der Waals surface area contributed by atoms with Crippen LogP contribution >= 0.6 is 11.6 Å². The van der Waals surface area contributed by atoms with E-state index in [-0.39, 0.29) is 0 Å². The smallest absolute Gasteiger partial charge is 0.145 e. The summed E-state index contributed by atoms with van der Waals surface area (Å²) in [6, 6.07) is 7.41. The van der Waals surface area contributed by atoms with Crippen LogP contribution in [0, 0.1) is 6.92 Å². The summed E-state index contributed by atoms with van der Waals surface area (Å²) in [5, 5.41) is 7.43. The first kappa shape index (κ1) is 11.8. The first-order valence-corrected chi connectivity index (χ1v) is 5.71.